The number of ether oxygens (including phenoxy) is 1. The predicted molar refractivity (Wildman–Crippen MR) is 86.9 cm³/mol. The summed E-state index contributed by atoms with van der Waals surface area (Å²) in [5.41, 5.74) is 0. The SMILES string of the molecule is O=S(=O)(NC1COC(CN2CCC(F)(F)CC2)C1O)c1ccccc1. The van der Waals surface area contributed by atoms with Crippen molar-refractivity contribution in [3.8, 4) is 0 Å². The van der Waals surface area contributed by atoms with Gasteiger partial charge in [0.05, 0.1) is 29.8 Å². The van der Waals surface area contributed by atoms with Gasteiger partial charge in [-0.15, -0.1) is 0 Å². The Hall–Kier alpha value is -1.13. The van der Waals surface area contributed by atoms with E-state index in [2.05, 4.69) is 4.72 Å². The second kappa shape index (κ2) is 7.24. The lowest BCUT2D eigenvalue weighted by Crippen LogP contribution is -2.48. The van der Waals surface area contributed by atoms with Crippen LogP contribution in [0.5, 0.6) is 0 Å². The van der Waals surface area contributed by atoms with Gasteiger partial charge in [-0.1, -0.05) is 18.2 Å². The van der Waals surface area contributed by atoms with E-state index in [1.165, 1.54) is 12.1 Å². The molecule has 2 fully saturated rings. The molecular weight excluding hydrogens is 354 g/mol. The maximum absolute atomic E-state index is 13.2. The molecule has 0 amide bonds. The number of alkyl halides is 2. The maximum atomic E-state index is 13.2. The fourth-order valence-electron chi connectivity index (χ4n) is 3.13. The second-order valence-electron chi connectivity index (χ2n) is 6.56. The Labute approximate surface area is 145 Å². The summed E-state index contributed by atoms with van der Waals surface area (Å²) < 4.78 is 59.0. The lowest BCUT2D eigenvalue weighted by molar-refractivity contribution is -0.0674. The number of benzene rings is 1. The van der Waals surface area contributed by atoms with Crippen LogP contribution in [0.2, 0.25) is 0 Å². The van der Waals surface area contributed by atoms with Crippen LogP contribution < -0.4 is 4.72 Å². The molecule has 1 aromatic rings. The summed E-state index contributed by atoms with van der Waals surface area (Å²) in [5.74, 6) is -2.63. The molecule has 25 heavy (non-hydrogen) atoms. The first-order valence-corrected chi connectivity index (χ1v) is 9.72. The average molecular weight is 376 g/mol. The van der Waals surface area contributed by atoms with Gasteiger partial charge in [-0.3, -0.25) is 0 Å². The second-order valence-corrected chi connectivity index (χ2v) is 8.27. The van der Waals surface area contributed by atoms with Gasteiger partial charge in [0.25, 0.3) is 5.92 Å². The molecule has 0 radical (unpaired) electrons. The molecule has 3 rings (SSSR count). The van der Waals surface area contributed by atoms with E-state index >= 15 is 0 Å². The Bertz CT molecular complexity index is 677. The highest BCUT2D eigenvalue weighted by atomic mass is 32.2. The number of halogens is 2. The Morgan fingerprint density at radius 1 is 1.24 bits per heavy atom. The number of nitrogens with one attached hydrogen (secondary N) is 1. The monoisotopic (exact) mass is 376 g/mol. The molecule has 6 nitrogen and oxygen atoms in total. The predicted octanol–water partition coefficient (Wildman–Crippen LogP) is 0.824. The van der Waals surface area contributed by atoms with Crippen LogP contribution in [0.15, 0.2) is 35.2 Å². The highest BCUT2D eigenvalue weighted by Crippen LogP contribution is 2.28. The normalized spacial score (nSPS) is 30.4. The quantitative estimate of drug-likeness (QED) is 0.796. The van der Waals surface area contributed by atoms with Gasteiger partial charge in [-0.25, -0.2) is 21.9 Å². The number of sulfonamides is 1. The number of nitrogens with zero attached hydrogens (tertiary/aromatic N) is 1. The molecule has 2 saturated heterocycles. The van der Waals surface area contributed by atoms with Crippen LogP contribution in [0.25, 0.3) is 0 Å². The van der Waals surface area contributed by atoms with E-state index in [9.17, 15) is 22.3 Å². The molecule has 1 aromatic carbocycles. The molecule has 3 unspecified atom stereocenters. The number of hydrogen-bond acceptors (Lipinski definition) is 5. The maximum Gasteiger partial charge on any atom is 0.250 e. The lowest BCUT2D eigenvalue weighted by atomic mass is 10.0. The summed E-state index contributed by atoms with van der Waals surface area (Å²) in [5, 5.41) is 10.4. The van der Waals surface area contributed by atoms with Crippen molar-refractivity contribution < 1.29 is 27.0 Å². The van der Waals surface area contributed by atoms with E-state index in [-0.39, 0.29) is 37.4 Å². The number of hydrogen-bond donors (Lipinski definition) is 2. The third kappa shape index (κ3) is 4.53. The largest absolute Gasteiger partial charge is 0.389 e. The molecule has 0 spiro atoms. The van der Waals surface area contributed by atoms with E-state index in [1.807, 2.05) is 4.90 Å². The molecule has 0 bridgehead atoms. The molecule has 3 atom stereocenters. The first-order valence-electron chi connectivity index (χ1n) is 8.24. The topological polar surface area (TPSA) is 78.9 Å². The standard InChI is InChI=1S/C16H22F2N2O4S/c17-16(18)6-8-20(9-7-16)10-14-15(21)13(11-24-14)19-25(22,23)12-4-2-1-3-5-12/h1-5,13-15,19,21H,6-11H2. The number of likely N-dealkylation sites (tertiary alicyclic amines) is 1. The van der Waals surface area contributed by atoms with Crippen LogP contribution >= 0.6 is 0 Å². The van der Waals surface area contributed by atoms with Crippen LogP contribution in [0.4, 0.5) is 8.78 Å². The Balaban J connectivity index is 1.56. The molecule has 2 heterocycles. The smallest absolute Gasteiger partial charge is 0.250 e. The van der Waals surface area contributed by atoms with E-state index < -0.39 is 34.2 Å². The Morgan fingerprint density at radius 2 is 1.88 bits per heavy atom. The van der Waals surface area contributed by atoms with Crippen LogP contribution in [0.1, 0.15) is 12.8 Å². The van der Waals surface area contributed by atoms with Crippen LogP contribution in [-0.4, -0.2) is 68.8 Å². The van der Waals surface area contributed by atoms with Crippen molar-refractivity contribution in [3.05, 3.63) is 30.3 Å². The minimum Gasteiger partial charge on any atom is -0.389 e. The van der Waals surface area contributed by atoms with Gasteiger partial charge >= 0.3 is 0 Å². The minimum absolute atomic E-state index is 0.0435. The van der Waals surface area contributed by atoms with Gasteiger partial charge in [-0.05, 0) is 12.1 Å². The highest BCUT2D eigenvalue weighted by Gasteiger charge is 2.41. The lowest BCUT2D eigenvalue weighted by Gasteiger charge is -2.33. The molecule has 2 aliphatic heterocycles. The molecule has 0 aromatic heterocycles. The third-order valence-electron chi connectivity index (χ3n) is 4.67. The summed E-state index contributed by atoms with van der Waals surface area (Å²) in [4.78, 5) is 1.93. The molecule has 0 aliphatic carbocycles. The first kappa shape index (κ1) is 18.7. The molecule has 2 N–H and O–H groups in total. The van der Waals surface area contributed by atoms with Crippen LogP contribution in [0, 0.1) is 0 Å². The van der Waals surface area contributed by atoms with Crippen molar-refractivity contribution in [1.29, 1.82) is 0 Å². The molecular formula is C16H22F2N2O4S. The van der Waals surface area contributed by atoms with E-state index in [4.69, 9.17) is 4.74 Å². The van der Waals surface area contributed by atoms with Crippen molar-refractivity contribution in [2.45, 2.75) is 41.9 Å². The zero-order valence-corrected chi connectivity index (χ0v) is 14.5. The first-order chi connectivity index (χ1) is 11.8. The number of aliphatic hydroxyl groups excluding tert-OH is 1. The van der Waals surface area contributed by atoms with Crippen molar-refractivity contribution in [2.24, 2.45) is 0 Å². The number of rotatable bonds is 5. The van der Waals surface area contributed by atoms with Gasteiger partial charge in [0.1, 0.15) is 0 Å². The molecule has 140 valence electrons. The fraction of sp³-hybridized carbons (Fsp3) is 0.625. The third-order valence-corrected chi connectivity index (χ3v) is 6.17. The van der Waals surface area contributed by atoms with Gasteiger partial charge in [-0.2, -0.15) is 0 Å². The van der Waals surface area contributed by atoms with Crippen molar-refractivity contribution in [3.63, 3.8) is 0 Å². The van der Waals surface area contributed by atoms with E-state index in [1.54, 1.807) is 18.2 Å². The zero-order valence-electron chi connectivity index (χ0n) is 13.6. The van der Waals surface area contributed by atoms with Crippen molar-refractivity contribution in [1.82, 2.24) is 9.62 Å². The van der Waals surface area contributed by atoms with E-state index in [0.29, 0.717) is 6.54 Å². The van der Waals surface area contributed by atoms with Gasteiger partial charge in [0.2, 0.25) is 10.0 Å². The van der Waals surface area contributed by atoms with Crippen LogP contribution in [0.3, 0.4) is 0 Å². The van der Waals surface area contributed by atoms with Crippen LogP contribution in [-0.2, 0) is 14.8 Å². The fourth-order valence-corrected chi connectivity index (χ4v) is 4.39. The van der Waals surface area contributed by atoms with Gasteiger partial charge in [0, 0.05) is 32.5 Å². The molecule has 2 aliphatic rings. The van der Waals surface area contributed by atoms with Gasteiger partial charge < -0.3 is 14.7 Å². The summed E-state index contributed by atoms with van der Waals surface area (Å²) in [7, 11) is -3.75. The number of piperidine rings is 1. The molecule has 0 saturated carbocycles. The highest BCUT2D eigenvalue weighted by molar-refractivity contribution is 7.89. The summed E-state index contributed by atoms with van der Waals surface area (Å²) >= 11 is 0. The summed E-state index contributed by atoms with van der Waals surface area (Å²) in [6.07, 6.45) is -2.05. The van der Waals surface area contributed by atoms with Gasteiger partial charge in [0.15, 0.2) is 0 Å². The van der Waals surface area contributed by atoms with E-state index in [0.717, 1.165) is 0 Å². The minimum atomic E-state index is -3.75. The van der Waals surface area contributed by atoms with Crippen molar-refractivity contribution in [2.75, 3.05) is 26.2 Å². The summed E-state index contributed by atoms with van der Waals surface area (Å²) in [6, 6.07) is 7.12. The molecule has 9 heteroatoms. The zero-order chi connectivity index (χ0) is 18.1. The number of aliphatic hydroxyl groups is 1. The summed E-state index contributed by atoms with van der Waals surface area (Å²) in [6.45, 7) is 0.822. The Morgan fingerprint density at radius 3 is 2.52 bits per heavy atom. The van der Waals surface area contributed by atoms with Crippen molar-refractivity contribution >= 4 is 10.0 Å². The average Bonchev–Trinajstić information content (AvgIpc) is 2.90. The Kier molecular flexibility index (Phi) is 5.40.